The van der Waals surface area contributed by atoms with Gasteiger partial charge in [0.25, 0.3) is 0 Å². The third-order valence-electron chi connectivity index (χ3n) is 32.0. The number of rotatable bonds is 33. The fourth-order valence-corrected chi connectivity index (χ4v) is 26.2. The summed E-state index contributed by atoms with van der Waals surface area (Å²) in [4.78, 5) is 34.5. The Morgan fingerprint density at radius 1 is 0.370 bits per heavy atom. The quantitative estimate of drug-likeness (QED) is 0.00637. The van der Waals surface area contributed by atoms with Gasteiger partial charge in [-0.3, -0.25) is 14.4 Å². The minimum absolute atomic E-state index is 0. The van der Waals surface area contributed by atoms with Crippen molar-refractivity contribution in [3.63, 3.8) is 0 Å². The van der Waals surface area contributed by atoms with Crippen molar-refractivity contribution in [2.45, 2.75) is 324 Å². The summed E-state index contributed by atoms with van der Waals surface area (Å²) in [6, 6.07) is 42.7. The maximum atomic E-state index is 11.6. The first-order valence-electron chi connectivity index (χ1n) is 48.5. The van der Waals surface area contributed by atoms with Gasteiger partial charge in [-0.2, -0.15) is 0 Å². The van der Waals surface area contributed by atoms with Crippen molar-refractivity contribution in [1.82, 2.24) is 0 Å². The fraction of sp³-hybridized carbons (Fsp3) is 0.629. The van der Waals surface area contributed by atoms with Gasteiger partial charge in [-0.15, -0.1) is 0 Å². The van der Waals surface area contributed by atoms with Crippen LogP contribution in [0.25, 0.3) is 0 Å². The molecule has 5 saturated carbocycles. The molecule has 0 amide bonds. The van der Waals surface area contributed by atoms with E-state index in [0.717, 1.165) is 141 Å². The van der Waals surface area contributed by atoms with Crippen LogP contribution in [0.5, 0.6) is 0 Å². The van der Waals surface area contributed by atoms with Crippen LogP contribution >= 0.6 is 37.9 Å². The van der Waals surface area contributed by atoms with Crippen LogP contribution in [0.4, 0.5) is 0 Å². The number of unbranched alkanes of at least 4 members (excludes halogenated alkanes) is 4. The lowest BCUT2D eigenvalue weighted by Gasteiger charge is -2.28. The van der Waals surface area contributed by atoms with E-state index in [4.69, 9.17) is 32.3 Å². The number of carbonyl (C=O) groups is 3. The largest absolute Gasteiger partial charge is 0.462 e. The molecule has 18 rings (SSSR count). The third-order valence-corrected chi connectivity index (χ3v) is 33.4. The Morgan fingerprint density at radius 2 is 0.701 bits per heavy atom. The van der Waals surface area contributed by atoms with Crippen molar-refractivity contribution in [2.24, 2.45) is 88.8 Å². The minimum Gasteiger partial charge on any atom is -0.462 e. The number of carbonyl (C=O) groups excluding carboxylic acids is 3. The molecule has 5 aromatic carbocycles. The molecule has 10 aliphatic carbocycles. The Balaban J connectivity index is 0.000000169. The summed E-state index contributed by atoms with van der Waals surface area (Å²) >= 11 is 0. The molecule has 10 unspecified atom stereocenters. The zero-order valence-electron chi connectivity index (χ0n) is 74.8. The van der Waals surface area contributed by atoms with Crippen molar-refractivity contribution in [3.8, 4) is 0 Å². The summed E-state index contributed by atoms with van der Waals surface area (Å²) in [6.07, 6.45) is 40.3. The Bertz CT molecular complexity index is 4310. The van der Waals surface area contributed by atoms with Gasteiger partial charge in [-0.25, -0.2) is 0 Å². The molecule has 22 heteroatoms. The van der Waals surface area contributed by atoms with Gasteiger partial charge in [0, 0.05) is 92.9 Å². The fourth-order valence-electron chi connectivity index (χ4n) is 24.8. The van der Waals surface area contributed by atoms with Crippen LogP contribution in [0, 0.1) is 88.8 Å². The molecule has 8 N–H and O–H groups in total. The van der Waals surface area contributed by atoms with E-state index in [-0.39, 0.29) is 138 Å². The lowest BCUT2D eigenvalue weighted by atomic mass is 9.84. The van der Waals surface area contributed by atoms with Gasteiger partial charge in [0.05, 0.1) is 92.5 Å². The first-order chi connectivity index (χ1) is 61.7. The molecule has 0 bridgehead atoms. The molecular weight excluding hydrogens is 1670 g/mol. The molecule has 3 saturated heterocycles. The van der Waals surface area contributed by atoms with E-state index in [9.17, 15) is 55.2 Å². The second kappa shape index (κ2) is 47.7. The lowest BCUT2D eigenvalue weighted by Crippen LogP contribution is -2.27. The standard InChI is InChI=1S/C24H38O3P2.C24H36O3.C19H26O4P2.C19H24O4.C19H22O4.4H2/c1-2-3-4-5-6-11-20-21(24(27-29)16-22(20)25)12-13-23(26-28)19-14-17-9-7-8-10-18(17)15-19;1-2-3-4-5-6-11-20-21(24(27)16-23(20)26)12-13-22(25)19-14-17-9-7-8-10-18(17)15-19;20-19-9-15-14(18(23-25)10-17(15)21-19)5-6-16(22-24)13-7-11-3-1-2-4-12(11)8-13;2*20-16(13-7-11-3-1-2-4-12(11)8-13)6-5-14-15-9-19(22)23-18(15)10-17(14)21;;;;/h5-10,19-25H,2-4,11-16,28-29H2,1H3;5-10,19-27H,2-4,11-16H2,1H3;1-4,13-18H,5-10,24-25H2;1-4,13-18,20-21H,5-10H2;1-6,13-18,20-21H,7-10H2;4*1H/b2*6-5-;;;6-5+;;;;/t20-,21-,22?,23?,24?;20-,21-,22-,23+,24-;14-,15-,16?,17?,18?;2*14-,15-,16-,17-,18+;;;;/m11111..../s1/i;;;;;4*1+2. The van der Waals surface area contributed by atoms with Crippen LogP contribution < -0.4 is 0 Å². The number of benzene rings is 5. The van der Waals surface area contributed by atoms with E-state index < -0.39 is 30.5 Å². The summed E-state index contributed by atoms with van der Waals surface area (Å²) in [5, 5.41) is 83.7. The van der Waals surface area contributed by atoms with Gasteiger partial charge in [0.1, 0.15) is 18.3 Å². The van der Waals surface area contributed by atoms with Crippen LogP contribution in [0.2, 0.25) is 0 Å². The Hall–Kier alpha value is -5.03. The molecule has 29 atom stereocenters. The highest BCUT2D eigenvalue weighted by molar-refractivity contribution is 7.10. The predicted octanol–water partition coefficient (Wildman–Crippen LogP) is 17.7. The smallest absolute Gasteiger partial charge is 0.306 e. The molecule has 8 fully saturated rings. The molecule has 3 heterocycles. The van der Waals surface area contributed by atoms with Crippen molar-refractivity contribution in [2.75, 3.05) is 0 Å². The summed E-state index contributed by atoms with van der Waals surface area (Å²) in [5.41, 5.74) is 14.0. The minimum atomic E-state index is -0.522. The van der Waals surface area contributed by atoms with Crippen LogP contribution in [-0.4, -0.2) is 150 Å². The number of ether oxygens (including phenoxy) is 3. The highest BCUT2D eigenvalue weighted by atomic mass is 31.0. The van der Waals surface area contributed by atoms with E-state index in [0.29, 0.717) is 86.9 Å². The molecule has 0 aromatic heterocycles. The number of esters is 3. The zero-order valence-corrected chi connectivity index (χ0v) is 79.5. The molecule has 702 valence electrons. The van der Waals surface area contributed by atoms with Crippen LogP contribution in [0.15, 0.2) is 158 Å². The number of aliphatic hydroxyl groups is 8. The highest BCUT2D eigenvalue weighted by Gasteiger charge is 2.53. The van der Waals surface area contributed by atoms with Gasteiger partial charge in [0.2, 0.25) is 0 Å². The summed E-state index contributed by atoms with van der Waals surface area (Å²) in [5.74, 6) is 3.23. The molecule has 5 aromatic rings. The monoisotopic (exact) mass is 1840 g/mol. The Labute approximate surface area is 770 Å². The van der Waals surface area contributed by atoms with E-state index in [1.807, 2.05) is 24.3 Å². The van der Waals surface area contributed by atoms with E-state index >= 15 is 0 Å². The van der Waals surface area contributed by atoms with Crippen molar-refractivity contribution < 1.29 is 93.2 Å². The van der Waals surface area contributed by atoms with Gasteiger partial charge < -0.3 is 73.2 Å². The number of allylic oxidation sites excluding steroid dienone is 4. The molecule has 127 heavy (non-hydrogen) atoms. The Kier molecular flexibility index (Phi) is 36.8. The maximum Gasteiger partial charge on any atom is 0.306 e. The van der Waals surface area contributed by atoms with Crippen molar-refractivity contribution >= 4 is 55.8 Å². The summed E-state index contributed by atoms with van der Waals surface area (Å²) in [6.45, 7) is 4.41. The SMILES string of the molecule is CCCC/C=C\C[C@@H]1[C@@H](CC[C@@H](O)C2Cc3ccccc3C2)[C@H](O)C[C@@H]1O.CCCC/C=C\C[C@H]1C(O)CC(OP)[C@@H]1CCC(OP)C1Cc2ccccc2C1.O=C1C[C@@H]2[C@@H](/C=C/[C@@H](O)C3Cc4ccccc4C3)[C@H](O)C[C@@H]2O1.O=C1C[C@@H]2[C@@H](CC[C@@H](O)C3Cc4ccccc4C3)[C@H](O)C[C@@H]2O1.O=C1C[C@H]2C(CC(OP)[C@@H]2CCC(OP)C2Cc3ccccc3C2)O1.[3HH].[3HH].[3HH].[3HH]. The van der Waals surface area contributed by atoms with Crippen LogP contribution in [0.3, 0.4) is 0 Å². The van der Waals surface area contributed by atoms with Crippen LogP contribution in [-0.2, 0) is 111 Å². The predicted molar refractivity (Wildman–Crippen MR) is 516 cm³/mol. The molecular formula is C105H154O18P4. The topological polar surface area (TPSA) is 278 Å². The molecule has 13 aliphatic rings. The number of fused-ring (bicyclic) bond motifs is 8. The number of aliphatic hydroxyl groups excluding tert-OH is 8. The molecule has 18 nitrogen and oxygen atoms in total. The molecule has 0 radical (unpaired) electrons. The lowest BCUT2D eigenvalue weighted by molar-refractivity contribution is -0.142. The third kappa shape index (κ3) is 25.1. The Morgan fingerprint density at radius 3 is 1.13 bits per heavy atom. The number of hydrogen-bond donors (Lipinski definition) is 8. The normalized spacial score (nSPS) is 31.6. The summed E-state index contributed by atoms with van der Waals surface area (Å²) in [7, 11) is 9.79. The van der Waals surface area contributed by atoms with Gasteiger partial charge in [-0.05, 0) is 268 Å². The van der Waals surface area contributed by atoms with Gasteiger partial charge >= 0.3 is 17.9 Å². The highest BCUT2D eigenvalue weighted by Crippen LogP contribution is 2.50. The van der Waals surface area contributed by atoms with Gasteiger partial charge in [-0.1, -0.05) is 197 Å². The van der Waals surface area contributed by atoms with E-state index in [2.05, 4.69) is 185 Å². The maximum absolute atomic E-state index is 11.6. The average Bonchev–Trinajstić information content (AvgIpc) is 1.64. The molecule has 3 aliphatic heterocycles. The van der Waals surface area contributed by atoms with Crippen LogP contribution in [0.1, 0.15) is 229 Å². The molecule has 0 spiro atoms. The number of hydrogen-bond acceptors (Lipinski definition) is 18. The summed E-state index contributed by atoms with van der Waals surface area (Å²) < 4.78 is 39.0. The second-order valence-electron chi connectivity index (χ2n) is 39.7. The second-order valence-corrected chi connectivity index (χ2v) is 40.8. The van der Waals surface area contributed by atoms with Gasteiger partial charge in [0.15, 0.2) is 0 Å². The van der Waals surface area contributed by atoms with E-state index in [1.54, 1.807) is 0 Å². The van der Waals surface area contributed by atoms with E-state index in [1.165, 1.54) is 81.3 Å². The zero-order chi connectivity index (χ0) is 89.2. The average molecular weight is 1840 g/mol. The first kappa shape index (κ1) is 98.0. The first-order valence-corrected chi connectivity index (χ1v) is 50.4. The van der Waals surface area contributed by atoms with Crippen molar-refractivity contribution in [1.29, 1.82) is 0 Å². The van der Waals surface area contributed by atoms with Crippen molar-refractivity contribution in [3.05, 3.63) is 213 Å².